The van der Waals surface area contributed by atoms with Crippen LogP contribution in [0.25, 0.3) is 0 Å². The van der Waals surface area contributed by atoms with Gasteiger partial charge >= 0.3 is 0 Å². The molecule has 0 bridgehead atoms. The van der Waals surface area contributed by atoms with Crippen LogP contribution in [0, 0.1) is 12.7 Å². The van der Waals surface area contributed by atoms with E-state index in [2.05, 4.69) is 39.0 Å². The van der Waals surface area contributed by atoms with Gasteiger partial charge in [-0.15, -0.1) is 0 Å². The zero-order valence-electron chi connectivity index (χ0n) is 11.2. The van der Waals surface area contributed by atoms with Gasteiger partial charge in [0, 0.05) is 6.42 Å². The van der Waals surface area contributed by atoms with Gasteiger partial charge in [-0.2, -0.15) is 0 Å². The van der Waals surface area contributed by atoms with Crippen molar-refractivity contribution < 1.29 is 4.39 Å². The Bertz CT molecular complexity index is 541. The summed E-state index contributed by atoms with van der Waals surface area (Å²) in [5, 5.41) is 0. The van der Waals surface area contributed by atoms with Gasteiger partial charge in [-0.3, -0.25) is 0 Å². The standard InChI is InChI=1S/C17H19F/c1-12(2)14-8-9-15(13(3)10-14)11-16-6-4-5-7-17(16)18/h4-10,12H,11H2,1-3H3. The molecular weight excluding hydrogens is 223 g/mol. The Balaban J connectivity index is 2.28. The number of rotatable bonds is 3. The third-order valence-corrected chi connectivity index (χ3v) is 3.37. The maximum absolute atomic E-state index is 13.6. The molecule has 0 spiro atoms. The summed E-state index contributed by atoms with van der Waals surface area (Å²) < 4.78 is 13.6. The summed E-state index contributed by atoms with van der Waals surface area (Å²) in [6.07, 6.45) is 0.664. The smallest absolute Gasteiger partial charge is 0.126 e. The molecule has 0 aliphatic carbocycles. The zero-order chi connectivity index (χ0) is 13.1. The lowest BCUT2D eigenvalue weighted by atomic mass is 9.94. The van der Waals surface area contributed by atoms with E-state index in [1.807, 2.05) is 12.1 Å². The minimum absolute atomic E-state index is 0.121. The molecule has 0 heterocycles. The van der Waals surface area contributed by atoms with Crippen molar-refractivity contribution >= 4 is 0 Å². The minimum Gasteiger partial charge on any atom is -0.207 e. The second-order valence-electron chi connectivity index (χ2n) is 5.11. The fourth-order valence-corrected chi connectivity index (χ4v) is 2.12. The van der Waals surface area contributed by atoms with E-state index in [0.29, 0.717) is 12.3 Å². The van der Waals surface area contributed by atoms with Crippen LogP contribution in [0.2, 0.25) is 0 Å². The molecule has 0 N–H and O–H groups in total. The highest BCUT2D eigenvalue weighted by Crippen LogP contribution is 2.21. The molecule has 0 radical (unpaired) electrons. The van der Waals surface area contributed by atoms with Crippen molar-refractivity contribution in [2.45, 2.75) is 33.1 Å². The number of hydrogen-bond acceptors (Lipinski definition) is 0. The Labute approximate surface area is 108 Å². The summed E-state index contributed by atoms with van der Waals surface area (Å²) in [5.41, 5.74) is 4.54. The lowest BCUT2D eigenvalue weighted by molar-refractivity contribution is 0.614. The van der Waals surface area contributed by atoms with E-state index >= 15 is 0 Å². The Morgan fingerprint density at radius 3 is 2.33 bits per heavy atom. The van der Waals surface area contributed by atoms with Crippen molar-refractivity contribution in [2.75, 3.05) is 0 Å². The third-order valence-electron chi connectivity index (χ3n) is 3.37. The molecule has 0 aliphatic heterocycles. The molecule has 0 fully saturated rings. The molecule has 0 aliphatic rings. The van der Waals surface area contributed by atoms with Crippen LogP contribution in [0.15, 0.2) is 42.5 Å². The normalized spacial score (nSPS) is 10.9. The van der Waals surface area contributed by atoms with Gasteiger partial charge in [0.15, 0.2) is 0 Å². The van der Waals surface area contributed by atoms with Gasteiger partial charge in [0.05, 0.1) is 0 Å². The first kappa shape index (κ1) is 12.8. The Morgan fingerprint density at radius 2 is 1.72 bits per heavy atom. The zero-order valence-corrected chi connectivity index (χ0v) is 11.2. The number of benzene rings is 2. The quantitative estimate of drug-likeness (QED) is 0.722. The molecule has 94 valence electrons. The van der Waals surface area contributed by atoms with Crippen molar-refractivity contribution in [3.8, 4) is 0 Å². The first-order chi connectivity index (χ1) is 8.58. The van der Waals surface area contributed by atoms with Crippen LogP contribution in [0.1, 0.15) is 42.0 Å². The Morgan fingerprint density at radius 1 is 1.00 bits per heavy atom. The summed E-state index contributed by atoms with van der Waals surface area (Å²) in [5.74, 6) is 0.413. The van der Waals surface area contributed by atoms with E-state index in [1.54, 1.807) is 6.07 Å². The molecule has 0 amide bonds. The average Bonchev–Trinajstić information content (AvgIpc) is 2.34. The van der Waals surface area contributed by atoms with Crippen LogP contribution in [0.4, 0.5) is 4.39 Å². The van der Waals surface area contributed by atoms with Gasteiger partial charge in [-0.05, 0) is 41.2 Å². The first-order valence-corrected chi connectivity index (χ1v) is 6.40. The van der Waals surface area contributed by atoms with Crippen molar-refractivity contribution in [3.63, 3.8) is 0 Å². The van der Waals surface area contributed by atoms with Gasteiger partial charge in [0.1, 0.15) is 5.82 Å². The SMILES string of the molecule is Cc1cc(C(C)C)ccc1Cc1ccccc1F. The largest absolute Gasteiger partial charge is 0.207 e. The Kier molecular flexibility index (Phi) is 3.81. The number of halogens is 1. The fourth-order valence-electron chi connectivity index (χ4n) is 2.12. The molecule has 0 saturated heterocycles. The summed E-state index contributed by atoms with van der Waals surface area (Å²) >= 11 is 0. The maximum Gasteiger partial charge on any atom is 0.126 e. The first-order valence-electron chi connectivity index (χ1n) is 6.40. The van der Waals surface area contributed by atoms with Gasteiger partial charge in [-0.25, -0.2) is 4.39 Å². The van der Waals surface area contributed by atoms with Gasteiger partial charge in [0.25, 0.3) is 0 Å². The summed E-state index contributed by atoms with van der Waals surface area (Å²) in [6.45, 7) is 6.47. The summed E-state index contributed by atoms with van der Waals surface area (Å²) in [4.78, 5) is 0. The van der Waals surface area contributed by atoms with Crippen molar-refractivity contribution in [3.05, 3.63) is 70.5 Å². The molecule has 0 unspecified atom stereocenters. The van der Waals surface area contributed by atoms with Crippen LogP contribution >= 0.6 is 0 Å². The molecule has 0 atom stereocenters. The topological polar surface area (TPSA) is 0 Å². The van der Waals surface area contributed by atoms with Gasteiger partial charge in [-0.1, -0.05) is 50.2 Å². The number of aryl methyl sites for hydroxylation is 1. The molecule has 0 nitrogen and oxygen atoms in total. The van der Waals surface area contributed by atoms with Crippen LogP contribution in [0.5, 0.6) is 0 Å². The van der Waals surface area contributed by atoms with Crippen molar-refractivity contribution in [2.24, 2.45) is 0 Å². The minimum atomic E-state index is -0.121. The fraction of sp³-hybridized carbons (Fsp3) is 0.294. The van der Waals surface area contributed by atoms with Crippen LogP contribution < -0.4 is 0 Å². The molecule has 18 heavy (non-hydrogen) atoms. The van der Waals surface area contributed by atoms with Gasteiger partial charge < -0.3 is 0 Å². The second kappa shape index (κ2) is 5.34. The molecule has 2 rings (SSSR count). The molecule has 0 saturated carbocycles. The van der Waals surface area contributed by atoms with E-state index in [4.69, 9.17) is 0 Å². The van der Waals surface area contributed by atoms with Crippen LogP contribution in [-0.4, -0.2) is 0 Å². The Hall–Kier alpha value is -1.63. The van der Waals surface area contributed by atoms with Crippen molar-refractivity contribution in [1.82, 2.24) is 0 Å². The third kappa shape index (κ3) is 2.79. The predicted octanol–water partition coefficient (Wildman–Crippen LogP) is 4.85. The summed E-state index contributed by atoms with van der Waals surface area (Å²) in [6, 6.07) is 13.5. The maximum atomic E-state index is 13.6. The molecule has 2 aromatic carbocycles. The van der Waals surface area contributed by atoms with E-state index < -0.39 is 0 Å². The van der Waals surface area contributed by atoms with E-state index in [1.165, 1.54) is 22.8 Å². The van der Waals surface area contributed by atoms with Crippen LogP contribution in [0.3, 0.4) is 0 Å². The highest BCUT2D eigenvalue weighted by Gasteiger charge is 2.06. The molecule has 2 aromatic rings. The highest BCUT2D eigenvalue weighted by atomic mass is 19.1. The van der Waals surface area contributed by atoms with E-state index in [9.17, 15) is 4.39 Å². The van der Waals surface area contributed by atoms with Gasteiger partial charge in [0.2, 0.25) is 0 Å². The van der Waals surface area contributed by atoms with E-state index in [0.717, 1.165) is 5.56 Å². The average molecular weight is 242 g/mol. The lowest BCUT2D eigenvalue weighted by Gasteiger charge is -2.11. The molecular formula is C17H19F. The monoisotopic (exact) mass is 242 g/mol. The van der Waals surface area contributed by atoms with Crippen LogP contribution in [-0.2, 0) is 6.42 Å². The molecule has 0 aromatic heterocycles. The van der Waals surface area contributed by atoms with E-state index in [-0.39, 0.29) is 5.82 Å². The molecule has 1 heteroatoms. The van der Waals surface area contributed by atoms with Crippen molar-refractivity contribution in [1.29, 1.82) is 0 Å². The second-order valence-corrected chi connectivity index (χ2v) is 5.11. The summed E-state index contributed by atoms with van der Waals surface area (Å²) in [7, 11) is 0. The lowest BCUT2D eigenvalue weighted by Crippen LogP contribution is -1.97. The highest BCUT2D eigenvalue weighted by molar-refractivity contribution is 5.36. The predicted molar refractivity (Wildman–Crippen MR) is 74.5 cm³/mol. The number of hydrogen-bond donors (Lipinski definition) is 0.